The van der Waals surface area contributed by atoms with Crippen LogP contribution in [0.1, 0.15) is 29.9 Å². The zero-order valence-electron chi connectivity index (χ0n) is 13.7. The van der Waals surface area contributed by atoms with Crippen molar-refractivity contribution in [2.24, 2.45) is 5.73 Å². The maximum absolute atomic E-state index is 14.7. The second-order valence-corrected chi connectivity index (χ2v) is 6.75. The fourth-order valence-electron chi connectivity index (χ4n) is 3.57. The van der Waals surface area contributed by atoms with Crippen molar-refractivity contribution in [3.63, 3.8) is 0 Å². The minimum atomic E-state index is -1.57. The minimum absolute atomic E-state index is 0.0199. The first-order valence-corrected chi connectivity index (χ1v) is 8.16. The number of halogens is 1. The molecule has 0 spiro atoms. The molecule has 2 aromatic rings. The number of pyridine rings is 2. The Labute approximate surface area is 142 Å². The van der Waals surface area contributed by atoms with Crippen molar-refractivity contribution in [2.45, 2.75) is 31.7 Å². The van der Waals surface area contributed by atoms with E-state index in [0.717, 1.165) is 24.6 Å². The standard InChI is InChI=1S/C17H18FN3O4/c1-8-14-11(9-2-3-9)4-13(25-17(23)24)16(22)21(14)7-12(18)15(8)20-5-10(19)6-20/h4,7,9-10H,2-3,5-6,19H2,1H3,(H,23,24). The lowest BCUT2D eigenvalue weighted by Crippen LogP contribution is -2.56. The molecule has 8 heteroatoms. The number of ether oxygens (including phenoxy) is 1. The number of anilines is 1. The lowest BCUT2D eigenvalue weighted by Gasteiger charge is -2.40. The molecule has 0 radical (unpaired) electrons. The zero-order chi connectivity index (χ0) is 17.9. The van der Waals surface area contributed by atoms with Crippen LogP contribution in [0.15, 0.2) is 17.1 Å². The molecule has 0 unspecified atom stereocenters. The lowest BCUT2D eigenvalue weighted by atomic mass is 10.0. The number of aryl methyl sites for hydroxylation is 1. The first-order chi connectivity index (χ1) is 11.9. The van der Waals surface area contributed by atoms with Crippen molar-refractivity contribution in [3.8, 4) is 5.75 Å². The fourth-order valence-corrected chi connectivity index (χ4v) is 3.57. The fraction of sp³-hybridized carbons (Fsp3) is 0.412. The van der Waals surface area contributed by atoms with Crippen molar-refractivity contribution in [2.75, 3.05) is 18.0 Å². The van der Waals surface area contributed by atoms with Crippen LogP contribution in [0.2, 0.25) is 0 Å². The predicted octanol–water partition coefficient (Wildman–Crippen LogP) is 1.83. The zero-order valence-corrected chi connectivity index (χ0v) is 13.7. The molecule has 0 aromatic carbocycles. The normalized spacial score (nSPS) is 17.6. The molecule has 7 nitrogen and oxygen atoms in total. The van der Waals surface area contributed by atoms with Crippen molar-refractivity contribution in [3.05, 3.63) is 39.6 Å². The third-order valence-electron chi connectivity index (χ3n) is 4.85. The molecule has 3 heterocycles. The molecule has 0 atom stereocenters. The van der Waals surface area contributed by atoms with E-state index < -0.39 is 17.5 Å². The Morgan fingerprint density at radius 2 is 2.08 bits per heavy atom. The summed E-state index contributed by atoms with van der Waals surface area (Å²) in [6.45, 7) is 2.91. The van der Waals surface area contributed by atoms with E-state index in [9.17, 15) is 14.0 Å². The topological polar surface area (TPSA) is 97.3 Å². The maximum atomic E-state index is 14.7. The molecule has 4 rings (SSSR count). The van der Waals surface area contributed by atoms with Crippen molar-refractivity contribution < 1.29 is 19.0 Å². The van der Waals surface area contributed by atoms with E-state index in [1.165, 1.54) is 10.5 Å². The number of hydrogen-bond acceptors (Lipinski definition) is 5. The molecular formula is C17H18FN3O4. The number of fused-ring (bicyclic) bond motifs is 1. The van der Waals surface area contributed by atoms with Gasteiger partial charge in [0.25, 0.3) is 5.56 Å². The molecule has 1 saturated heterocycles. The quantitative estimate of drug-likeness (QED) is 0.822. The Morgan fingerprint density at radius 3 is 2.64 bits per heavy atom. The average molecular weight is 347 g/mol. The highest BCUT2D eigenvalue weighted by atomic mass is 19.1. The second kappa shape index (κ2) is 5.45. The lowest BCUT2D eigenvalue weighted by molar-refractivity contribution is 0.143. The van der Waals surface area contributed by atoms with Crippen molar-refractivity contribution in [1.29, 1.82) is 0 Å². The third kappa shape index (κ3) is 2.53. The summed E-state index contributed by atoms with van der Waals surface area (Å²) in [6, 6.07) is 1.51. The number of rotatable bonds is 3. The first-order valence-electron chi connectivity index (χ1n) is 8.16. The SMILES string of the molecule is Cc1c(N2CC(N)C2)c(F)cn2c(=O)c(OC(=O)O)cc(C3CC3)c12. The van der Waals surface area contributed by atoms with Gasteiger partial charge in [-0.3, -0.25) is 9.20 Å². The van der Waals surface area contributed by atoms with E-state index in [1.807, 2.05) is 4.90 Å². The molecule has 132 valence electrons. The van der Waals surface area contributed by atoms with E-state index in [-0.39, 0.29) is 17.7 Å². The summed E-state index contributed by atoms with van der Waals surface area (Å²) in [4.78, 5) is 25.3. The second-order valence-electron chi connectivity index (χ2n) is 6.75. The number of nitrogens with zero attached hydrogens (tertiary/aromatic N) is 2. The van der Waals surface area contributed by atoms with Gasteiger partial charge in [0.2, 0.25) is 0 Å². The largest absolute Gasteiger partial charge is 0.511 e. The molecule has 1 aliphatic heterocycles. The number of aromatic nitrogens is 1. The van der Waals surface area contributed by atoms with E-state index >= 15 is 0 Å². The molecule has 2 aliphatic rings. The molecule has 2 aromatic heterocycles. The number of carboxylic acid groups (broad SMARTS) is 1. The Kier molecular flexibility index (Phi) is 3.47. The third-order valence-corrected chi connectivity index (χ3v) is 4.85. The van der Waals surface area contributed by atoms with Gasteiger partial charge in [-0.2, -0.15) is 0 Å². The van der Waals surface area contributed by atoms with Gasteiger partial charge in [0.1, 0.15) is 0 Å². The van der Waals surface area contributed by atoms with Gasteiger partial charge < -0.3 is 20.5 Å². The first kappa shape index (κ1) is 15.9. The van der Waals surface area contributed by atoms with Crippen LogP contribution in [-0.4, -0.2) is 34.8 Å². The van der Waals surface area contributed by atoms with Gasteiger partial charge in [-0.25, -0.2) is 9.18 Å². The summed E-state index contributed by atoms with van der Waals surface area (Å²) < 4.78 is 20.5. The summed E-state index contributed by atoms with van der Waals surface area (Å²) >= 11 is 0. The molecule has 25 heavy (non-hydrogen) atoms. The summed E-state index contributed by atoms with van der Waals surface area (Å²) in [6.07, 6.45) is 1.44. The van der Waals surface area contributed by atoms with Crippen LogP contribution in [0.25, 0.3) is 5.52 Å². The van der Waals surface area contributed by atoms with Crippen LogP contribution in [0.4, 0.5) is 14.9 Å². The van der Waals surface area contributed by atoms with Crippen LogP contribution in [-0.2, 0) is 0 Å². The average Bonchev–Trinajstić information content (AvgIpc) is 3.32. The van der Waals surface area contributed by atoms with Crippen LogP contribution >= 0.6 is 0 Å². The van der Waals surface area contributed by atoms with E-state index in [0.29, 0.717) is 29.9 Å². The van der Waals surface area contributed by atoms with Crippen LogP contribution in [0.3, 0.4) is 0 Å². The molecule has 1 aliphatic carbocycles. The summed E-state index contributed by atoms with van der Waals surface area (Å²) in [5.74, 6) is -0.611. The highest BCUT2D eigenvalue weighted by Crippen LogP contribution is 2.44. The Bertz CT molecular complexity index is 945. The molecular weight excluding hydrogens is 329 g/mol. The Balaban J connectivity index is 1.98. The van der Waals surface area contributed by atoms with Gasteiger partial charge in [-0.1, -0.05) is 0 Å². The molecule has 0 amide bonds. The number of nitrogens with two attached hydrogens (primary N) is 1. The van der Waals surface area contributed by atoms with E-state index in [1.54, 1.807) is 6.92 Å². The minimum Gasteiger partial charge on any atom is -0.449 e. The summed E-state index contributed by atoms with van der Waals surface area (Å²) in [5, 5.41) is 8.84. The molecule has 1 saturated carbocycles. The smallest absolute Gasteiger partial charge is 0.449 e. The molecule has 3 N–H and O–H groups in total. The number of hydrogen-bond donors (Lipinski definition) is 2. The van der Waals surface area contributed by atoms with Crippen molar-refractivity contribution >= 4 is 17.4 Å². The van der Waals surface area contributed by atoms with Crippen LogP contribution in [0.5, 0.6) is 5.75 Å². The summed E-state index contributed by atoms with van der Waals surface area (Å²) in [7, 11) is 0. The molecule has 0 bridgehead atoms. The van der Waals surface area contributed by atoms with Gasteiger partial charge in [0, 0.05) is 19.1 Å². The van der Waals surface area contributed by atoms with E-state index in [4.69, 9.17) is 10.8 Å². The number of carbonyl (C=O) groups is 1. The maximum Gasteiger partial charge on any atom is 0.511 e. The highest BCUT2D eigenvalue weighted by molar-refractivity contribution is 5.74. The monoisotopic (exact) mass is 347 g/mol. The van der Waals surface area contributed by atoms with Gasteiger partial charge >= 0.3 is 6.16 Å². The van der Waals surface area contributed by atoms with Crippen molar-refractivity contribution in [1.82, 2.24) is 4.40 Å². The highest BCUT2D eigenvalue weighted by Gasteiger charge is 2.32. The van der Waals surface area contributed by atoms with Crippen LogP contribution in [0, 0.1) is 12.7 Å². The van der Waals surface area contributed by atoms with Gasteiger partial charge in [0.15, 0.2) is 11.6 Å². The van der Waals surface area contributed by atoms with Gasteiger partial charge in [-0.15, -0.1) is 0 Å². The summed E-state index contributed by atoms with van der Waals surface area (Å²) in [5.41, 5.74) is 7.68. The van der Waals surface area contributed by atoms with E-state index in [2.05, 4.69) is 4.74 Å². The van der Waals surface area contributed by atoms with Gasteiger partial charge in [-0.05, 0) is 42.9 Å². The Morgan fingerprint density at radius 1 is 1.40 bits per heavy atom. The molecule has 2 fully saturated rings. The van der Waals surface area contributed by atoms with Crippen LogP contribution < -0.4 is 20.9 Å². The van der Waals surface area contributed by atoms with Gasteiger partial charge in [0.05, 0.1) is 17.4 Å². The predicted molar refractivity (Wildman–Crippen MR) is 89.2 cm³/mol. The Hall–Kier alpha value is -2.61.